The molecule has 3 heteroatoms. The quantitative estimate of drug-likeness (QED) is 0.756. The first-order valence-corrected chi connectivity index (χ1v) is 5.64. The fraction of sp³-hybridized carbons (Fsp3) is 0.417. The van der Waals surface area contributed by atoms with Crippen LogP contribution in [0.25, 0.3) is 5.52 Å². The molecule has 2 aromatic rings. The average molecular weight is 223 g/mol. The van der Waals surface area contributed by atoms with Crippen LogP contribution in [0.5, 0.6) is 0 Å². The molecular weight excluding hydrogens is 208 g/mol. The molecule has 1 atom stereocenters. The zero-order chi connectivity index (χ0) is 11.0. The van der Waals surface area contributed by atoms with E-state index in [1.54, 1.807) is 0 Å². The number of fused-ring (bicyclic) bond motifs is 1. The molecule has 2 aromatic heterocycles. The van der Waals surface area contributed by atoms with Gasteiger partial charge in [0.2, 0.25) is 0 Å². The molecule has 0 aliphatic rings. The molecule has 0 aromatic carbocycles. The minimum atomic E-state index is 0.480. The predicted molar refractivity (Wildman–Crippen MR) is 63.6 cm³/mol. The van der Waals surface area contributed by atoms with E-state index in [1.165, 1.54) is 0 Å². The SMILES string of the molecule is CC[C@@H](C)c1ncn2c(C)cc(Cl)cc12. The summed E-state index contributed by atoms with van der Waals surface area (Å²) in [4.78, 5) is 4.47. The van der Waals surface area contributed by atoms with Crippen LogP contribution in [0.3, 0.4) is 0 Å². The molecule has 0 spiro atoms. The molecule has 2 heterocycles. The van der Waals surface area contributed by atoms with E-state index in [0.29, 0.717) is 5.92 Å². The third kappa shape index (κ3) is 1.74. The highest BCUT2D eigenvalue weighted by Gasteiger charge is 2.12. The minimum Gasteiger partial charge on any atom is -0.303 e. The van der Waals surface area contributed by atoms with Gasteiger partial charge >= 0.3 is 0 Å². The summed E-state index contributed by atoms with van der Waals surface area (Å²) < 4.78 is 2.09. The molecule has 0 saturated heterocycles. The van der Waals surface area contributed by atoms with Crippen LogP contribution in [0.2, 0.25) is 5.02 Å². The van der Waals surface area contributed by atoms with Crippen molar-refractivity contribution in [2.24, 2.45) is 0 Å². The van der Waals surface area contributed by atoms with Crippen LogP contribution < -0.4 is 0 Å². The highest BCUT2D eigenvalue weighted by atomic mass is 35.5. The van der Waals surface area contributed by atoms with Crippen molar-refractivity contribution in [2.75, 3.05) is 0 Å². The first-order valence-electron chi connectivity index (χ1n) is 5.26. The van der Waals surface area contributed by atoms with E-state index in [9.17, 15) is 0 Å². The summed E-state index contributed by atoms with van der Waals surface area (Å²) in [6.07, 6.45) is 2.97. The standard InChI is InChI=1S/C12H15ClN2/c1-4-8(2)12-11-6-10(13)5-9(3)15(11)7-14-12/h5-8H,4H2,1-3H3/t8-/m1/s1. The van der Waals surface area contributed by atoms with Crippen molar-refractivity contribution in [2.45, 2.75) is 33.1 Å². The number of pyridine rings is 1. The zero-order valence-corrected chi connectivity index (χ0v) is 10.0. The van der Waals surface area contributed by atoms with Crippen LogP contribution >= 0.6 is 11.6 Å². The van der Waals surface area contributed by atoms with E-state index in [1.807, 2.05) is 25.4 Å². The maximum Gasteiger partial charge on any atom is 0.0997 e. The van der Waals surface area contributed by atoms with Gasteiger partial charge in [-0.15, -0.1) is 0 Å². The molecule has 0 amide bonds. The molecular formula is C12H15ClN2. The zero-order valence-electron chi connectivity index (χ0n) is 9.29. The summed E-state index contributed by atoms with van der Waals surface area (Å²) in [5.41, 5.74) is 3.40. The third-order valence-electron chi connectivity index (χ3n) is 2.91. The van der Waals surface area contributed by atoms with Crippen LogP contribution in [0.4, 0.5) is 0 Å². The van der Waals surface area contributed by atoms with Crippen LogP contribution in [-0.2, 0) is 0 Å². The number of halogens is 1. The Kier molecular flexibility index (Phi) is 2.70. The second kappa shape index (κ2) is 3.86. The first-order chi connectivity index (χ1) is 7.13. The lowest BCUT2D eigenvalue weighted by atomic mass is 10.0. The maximum absolute atomic E-state index is 6.06. The van der Waals surface area contributed by atoms with Crippen molar-refractivity contribution in [1.82, 2.24) is 9.38 Å². The van der Waals surface area contributed by atoms with E-state index < -0.39 is 0 Å². The highest BCUT2D eigenvalue weighted by molar-refractivity contribution is 6.31. The second-order valence-corrected chi connectivity index (χ2v) is 4.45. The number of aryl methyl sites for hydroxylation is 1. The number of rotatable bonds is 2. The van der Waals surface area contributed by atoms with Crippen molar-refractivity contribution in [1.29, 1.82) is 0 Å². The summed E-state index contributed by atoms with van der Waals surface area (Å²) >= 11 is 6.06. The predicted octanol–water partition coefficient (Wildman–Crippen LogP) is 3.81. The molecule has 0 aliphatic carbocycles. The summed E-state index contributed by atoms with van der Waals surface area (Å²) in [7, 11) is 0. The second-order valence-electron chi connectivity index (χ2n) is 4.01. The molecule has 0 fully saturated rings. The van der Waals surface area contributed by atoms with Crippen molar-refractivity contribution >= 4 is 17.1 Å². The fourth-order valence-electron chi connectivity index (χ4n) is 1.81. The number of hydrogen-bond acceptors (Lipinski definition) is 1. The summed E-state index contributed by atoms with van der Waals surface area (Å²) in [5, 5.41) is 0.782. The smallest absolute Gasteiger partial charge is 0.0997 e. The Balaban J connectivity index is 2.68. The Morgan fingerprint density at radius 1 is 1.47 bits per heavy atom. The lowest BCUT2D eigenvalue weighted by molar-refractivity contribution is 0.719. The minimum absolute atomic E-state index is 0.480. The van der Waals surface area contributed by atoms with E-state index in [2.05, 4.69) is 23.2 Å². The van der Waals surface area contributed by atoms with Gasteiger partial charge in [0.05, 0.1) is 17.5 Å². The van der Waals surface area contributed by atoms with E-state index in [4.69, 9.17) is 11.6 Å². The van der Waals surface area contributed by atoms with Crippen LogP contribution in [0.1, 0.15) is 37.6 Å². The Morgan fingerprint density at radius 3 is 2.87 bits per heavy atom. The monoisotopic (exact) mass is 222 g/mol. The highest BCUT2D eigenvalue weighted by Crippen LogP contribution is 2.25. The number of hydrogen-bond donors (Lipinski definition) is 0. The molecule has 0 unspecified atom stereocenters. The van der Waals surface area contributed by atoms with Crippen molar-refractivity contribution in [3.63, 3.8) is 0 Å². The molecule has 15 heavy (non-hydrogen) atoms. The van der Waals surface area contributed by atoms with Gasteiger partial charge in [-0.2, -0.15) is 0 Å². The maximum atomic E-state index is 6.06. The van der Waals surface area contributed by atoms with Gasteiger partial charge < -0.3 is 4.40 Å². The van der Waals surface area contributed by atoms with Crippen LogP contribution in [0, 0.1) is 6.92 Å². The summed E-state index contributed by atoms with van der Waals surface area (Å²) in [5.74, 6) is 0.480. The lowest BCUT2D eigenvalue weighted by Gasteiger charge is -2.07. The molecule has 0 aliphatic heterocycles. The van der Waals surface area contributed by atoms with Gasteiger partial charge in [-0.1, -0.05) is 25.4 Å². The Hall–Kier alpha value is -1.02. The van der Waals surface area contributed by atoms with Crippen LogP contribution in [-0.4, -0.2) is 9.38 Å². The van der Waals surface area contributed by atoms with Gasteiger partial charge in [-0.3, -0.25) is 0 Å². The topological polar surface area (TPSA) is 17.3 Å². The Morgan fingerprint density at radius 2 is 2.20 bits per heavy atom. The number of nitrogens with zero attached hydrogens (tertiary/aromatic N) is 2. The summed E-state index contributed by atoms with van der Waals surface area (Å²) in [6.45, 7) is 6.41. The van der Waals surface area contributed by atoms with Crippen molar-refractivity contribution in [3.8, 4) is 0 Å². The first kappa shape index (κ1) is 10.5. The van der Waals surface area contributed by atoms with Crippen molar-refractivity contribution in [3.05, 3.63) is 34.9 Å². The normalized spacial score (nSPS) is 13.3. The number of imidazole rings is 1. The Bertz CT molecular complexity index is 488. The van der Waals surface area contributed by atoms with Gasteiger partial charge in [0.15, 0.2) is 0 Å². The molecule has 80 valence electrons. The van der Waals surface area contributed by atoms with E-state index in [-0.39, 0.29) is 0 Å². The lowest BCUT2D eigenvalue weighted by Crippen LogP contribution is -1.94. The molecule has 0 radical (unpaired) electrons. The molecule has 0 bridgehead atoms. The average Bonchev–Trinajstić information content (AvgIpc) is 2.60. The van der Waals surface area contributed by atoms with Gasteiger partial charge in [0.25, 0.3) is 0 Å². The molecule has 0 saturated carbocycles. The number of aromatic nitrogens is 2. The van der Waals surface area contributed by atoms with Gasteiger partial charge in [0.1, 0.15) is 0 Å². The van der Waals surface area contributed by atoms with E-state index in [0.717, 1.165) is 28.3 Å². The van der Waals surface area contributed by atoms with E-state index >= 15 is 0 Å². The fourth-order valence-corrected chi connectivity index (χ4v) is 2.07. The van der Waals surface area contributed by atoms with Crippen molar-refractivity contribution < 1.29 is 0 Å². The van der Waals surface area contributed by atoms with Gasteiger partial charge in [-0.05, 0) is 25.5 Å². The third-order valence-corrected chi connectivity index (χ3v) is 3.13. The molecule has 0 N–H and O–H groups in total. The van der Waals surface area contributed by atoms with Gasteiger partial charge in [-0.25, -0.2) is 4.98 Å². The molecule has 2 nitrogen and oxygen atoms in total. The molecule has 2 rings (SSSR count). The largest absolute Gasteiger partial charge is 0.303 e. The van der Waals surface area contributed by atoms with Gasteiger partial charge in [0, 0.05) is 16.6 Å². The Labute approximate surface area is 94.9 Å². The van der Waals surface area contributed by atoms with Crippen LogP contribution in [0.15, 0.2) is 18.5 Å². The summed E-state index contributed by atoms with van der Waals surface area (Å²) in [6, 6.07) is 3.94.